The number of nitrogens with zero attached hydrogens (tertiary/aromatic N) is 14. The normalized spacial score (nSPS) is 17.9. The first-order valence-corrected chi connectivity index (χ1v) is 52.1. The Balaban J connectivity index is 0.000000127. The second-order valence-electron chi connectivity index (χ2n) is 38.5. The Kier molecular flexibility index (Phi) is 37.0. The predicted octanol–water partition coefficient (Wildman–Crippen LogP) is 18.4. The maximum atomic E-state index is 12.4. The van der Waals surface area contributed by atoms with E-state index in [2.05, 4.69) is 146 Å². The van der Waals surface area contributed by atoms with E-state index in [1.165, 1.54) is 76.8 Å². The van der Waals surface area contributed by atoms with Gasteiger partial charge in [-0.2, -0.15) is 30.0 Å². The van der Waals surface area contributed by atoms with Crippen molar-refractivity contribution in [2.75, 3.05) is 124 Å². The molecule has 14 heterocycles. The number of piperidine rings is 1. The fourth-order valence-electron chi connectivity index (χ4n) is 19.2. The molecule has 6 fully saturated rings. The molecular formula is C109H124Cl5N27O8. The number of rotatable bonds is 31. The summed E-state index contributed by atoms with van der Waals surface area (Å²) >= 11 is 31.6. The molecule has 6 aliphatic rings. The van der Waals surface area contributed by atoms with Crippen LogP contribution in [0.2, 0.25) is 25.1 Å². The number of amides is 1. The van der Waals surface area contributed by atoms with Crippen LogP contribution in [0.1, 0.15) is 153 Å². The summed E-state index contributed by atoms with van der Waals surface area (Å²) in [6.07, 6.45) is 32.4. The van der Waals surface area contributed by atoms with Gasteiger partial charge >= 0.3 is 0 Å². The summed E-state index contributed by atoms with van der Waals surface area (Å²) in [6.45, 7) is 14.7. The lowest BCUT2D eigenvalue weighted by molar-refractivity contribution is 0.0980. The molecule has 4 saturated heterocycles. The molecule has 149 heavy (non-hydrogen) atoms. The number of halogens is 5. The van der Waals surface area contributed by atoms with Gasteiger partial charge in [-0.25, -0.2) is 0 Å². The second kappa shape index (κ2) is 51.6. The third-order valence-corrected chi connectivity index (χ3v) is 29.6. The van der Waals surface area contributed by atoms with Crippen molar-refractivity contribution >= 4 is 123 Å². The summed E-state index contributed by atoms with van der Waals surface area (Å²) in [4.78, 5) is 82.9. The average Bonchev–Trinajstić information content (AvgIpc) is 1.78. The number of Topliss-reactive ketones (excluding diaryl/α,β-unsaturated/α-hetero) is 2. The molecule has 1 amide bonds. The second-order valence-corrected chi connectivity index (χ2v) is 40.5. The lowest BCUT2D eigenvalue weighted by Crippen LogP contribution is -2.43. The molecule has 40 heteroatoms. The molecule has 2 aliphatic carbocycles. The van der Waals surface area contributed by atoms with Crippen LogP contribution in [-0.4, -0.2) is 184 Å². The van der Waals surface area contributed by atoms with Gasteiger partial charge in [-0.3, -0.25) is 48.8 Å². The lowest BCUT2D eigenvalue weighted by Gasteiger charge is -2.28. The minimum absolute atomic E-state index is 0.0237. The highest BCUT2D eigenvalue weighted by Crippen LogP contribution is 2.38. The first kappa shape index (κ1) is 107. The van der Waals surface area contributed by atoms with Crippen LogP contribution in [0.3, 0.4) is 0 Å². The Hall–Kier alpha value is -13.5. The number of likely N-dealkylation sites (tertiary alicyclic amines) is 2. The molecule has 2 atom stereocenters. The van der Waals surface area contributed by atoms with Crippen molar-refractivity contribution in [3.8, 4) is 55.6 Å². The molecule has 10 aromatic heterocycles. The smallest absolute Gasteiger partial charge is 0.292 e. The predicted molar refractivity (Wildman–Crippen MR) is 584 cm³/mol. The van der Waals surface area contributed by atoms with Gasteiger partial charge in [0.1, 0.15) is 54.1 Å². The van der Waals surface area contributed by atoms with Crippen molar-refractivity contribution in [2.24, 2.45) is 23.5 Å². The van der Waals surface area contributed by atoms with Gasteiger partial charge < -0.3 is 98.6 Å². The number of oxazole rings is 5. The van der Waals surface area contributed by atoms with Crippen LogP contribution in [-0.2, 0) is 52.0 Å². The Morgan fingerprint density at radius 3 is 1.30 bits per heavy atom. The van der Waals surface area contributed by atoms with E-state index in [4.69, 9.17) is 124 Å². The van der Waals surface area contributed by atoms with Gasteiger partial charge in [0.05, 0.1) is 74.5 Å². The van der Waals surface area contributed by atoms with Gasteiger partial charge in [0.15, 0.2) is 17.3 Å². The number of carbonyl (C=O) groups is 3. The van der Waals surface area contributed by atoms with Crippen LogP contribution < -0.4 is 71.6 Å². The Morgan fingerprint density at radius 1 is 0.416 bits per heavy atom. The van der Waals surface area contributed by atoms with E-state index < -0.39 is 5.91 Å². The number of nitrogens with one attached hydrogen (secondary N) is 7. The van der Waals surface area contributed by atoms with Crippen molar-refractivity contribution in [1.82, 2.24) is 90.6 Å². The van der Waals surface area contributed by atoms with Crippen molar-refractivity contribution in [1.29, 1.82) is 0 Å². The number of ketones is 2. The highest BCUT2D eigenvalue weighted by atomic mass is 35.5. The number of hydrogen-bond acceptors (Lipinski definition) is 33. The van der Waals surface area contributed by atoms with Gasteiger partial charge in [0, 0.05) is 164 Å². The summed E-state index contributed by atoms with van der Waals surface area (Å²) in [6, 6.07) is 47.3. The van der Waals surface area contributed by atoms with Crippen molar-refractivity contribution in [2.45, 2.75) is 147 Å². The molecule has 21 rings (SSSR count). The number of pyridine rings is 4. The number of fused-ring (bicyclic) bond motifs is 1. The number of aromatic nitrogens is 11. The Bertz CT molecular complexity index is 6920. The molecule has 0 bridgehead atoms. The fourth-order valence-corrected chi connectivity index (χ4v) is 20.1. The molecule has 0 radical (unpaired) electrons. The van der Waals surface area contributed by atoms with Crippen LogP contribution >= 0.6 is 58.0 Å². The maximum Gasteiger partial charge on any atom is 0.292 e. The van der Waals surface area contributed by atoms with E-state index in [0.29, 0.717) is 68.1 Å². The molecule has 778 valence electrons. The number of aryl methyl sites for hydroxylation is 1. The zero-order valence-corrected chi connectivity index (χ0v) is 86.8. The number of piperazine rings is 1. The number of carbonyl (C=O) groups excluding carboxylic acids is 3. The third-order valence-electron chi connectivity index (χ3n) is 27.9. The Labute approximate surface area is 889 Å². The minimum atomic E-state index is -0.456. The summed E-state index contributed by atoms with van der Waals surface area (Å²) < 4.78 is 26.8. The van der Waals surface area contributed by atoms with Gasteiger partial charge in [0.2, 0.25) is 0 Å². The number of nitrogens with two attached hydrogens (primary N) is 6. The van der Waals surface area contributed by atoms with Gasteiger partial charge in [-0.05, 0) is 259 Å². The summed E-state index contributed by atoms with van der Waals surface area (Å²) in [5.74, 6) is 1.58. The molecule has 35 nitrogen and oxygen atoms in total. The quantitative estimate of drug-likeness (QED) is 0.0179. The first-order valence-electron chi connectivity index (χ1n) is 50.2. The van der Waals surface area contributed by atoms with Gasteiger partial charge in [-0.15, -0.1) is 0 Å². The van der Waals surface area contributed by atoms with E-state index in [1.807, 2.05) is 123 Å². The summed E-state index contributed by atoms with van der Waals surface area (Å²) in [5.41, 5.74) is 53.1. The molecule has 2 saturated carbocycles. The molecule has 4 aliphatic heterocycles. The number of benzene rings is 5. The first-order chi connectivity index (χ1) is 72.3. The molecule has 15 aromatic rings. The molecule has 2 unspecified atom stereocenters. The van der Waals surface area contributed by atoms with Crippen molar-refractivity contribution in [3.63, 3.8) is 0 Å². The van der Waals surface area contributed by atoms with Gasteiger partial charge in [-0.1, -0.05) is 113 Å². The van der Waals surface area contributed by atoms with Gasteiger partial charge in [0.25, 0.3) is 36.0 Å². The monoisotopic (exact) mass is 2110 g/mol. The van der Waals surface area contributed by atoms with Crippen LogP contribution in [0.5, 0.6) is 0 Å². The van der Waals surface area contributed by atoms with Crippen LogP contribution in [0, 0.1) is 17.8 Å². The number of nitrogen functional groups attached to an aromatic ring is 5. The molecule has 0 spiro atoms. The molecule has 5 aromatic carbocycles. The minimum Gasteiger partial charge on any atom is -0.432 e. The summed E-state index contributed by atoms with van der Waals surface area (Å²) in [5, 5.41) is 30.5. The largest absolute Gasteiger partial charge is 0.432 e. The standard InChI is InChI=1S/C23H28ClN5O.C22H25ClN6O2.C22H25ClN6O.C21H24ClN5O2.C21H22ClN5O2/c1-29-10-8-16(9-11-29)2-5-19-6-3-18(13-26-19)17-4-7-21(24)22(12-17)27-14-20-15-30-23(25)28-20;23-18-8-2-13(9-19(18)28-21(30)20-12-31-22(25)29-20)14-1-5-17(26-10-14)11-27-16-6-3-15(24)4-7-16;23-20-4-2-14(5-21(20)27-9-19-13-30-22(24)28-19)15-1-3-18(26-8-15)12-29-10-16-6-25-7-17(16)11-29;1-24-16-3-5-17(6-4-16)27-11-15(10-25-27)13-2-7-18(22)14(8-13)9-20(28)19-12-29-21(23)26-19;22-18-4-2-14(9-16(18)10-20(28)19-13-29-21(23)26-19)15-1-3-17(25-11-15)12-27-7-5-24-6-8-27/h3-4,6-7,12-13,15-16,27H,2,5,8-11,14H2,1H3,(H2,25,28);1-2,5,8-10,12,15-16,27H,3-4,6-7,11,24H2,(H2,25,29)(H,28,30);1-5,8,13,16-17,25,27H,6-7,9-12H2,(H2,24,28);2,7-8,10-12,16-17,24H,3-6,9H2,1H3,(H2,23,26);1-4,9,11,13,24H,5-8,10,12H2,(H2,23,26). The van der Waals surface area contributed by atoms with Crippen LogP contribution in [0.15, 0.2) is 230 Å². The highest BCUT2D eigenvalue weighted by molar-refractivity contribution is 6.35. The summed E-state index contributed by atoms with van der Waals surface area (Å²) in [7, 11) is 4.23. The zero-order valence-electron chi connectivity index (χ0n) is 83.1. The number of hydrogen-bond donors (Lipinski definition) is 13. The van der Waals surface area contributed by atoms with E-state index in [-0.39, 0.29) is 71.6 Å². The Morgan fingerprint density at radius 2 is 0.839 bits per heavy atom. The molecule has 19 N–H and O–H groups in total. The number of anilines is 8. The maximum absolute atomic E-state index is 12.4. The van der Waals surface area contributed by atoms with E-state index in [1.54, 1.807) is 18.2 Å². The molecular weight excluding hydrogens is 1990 g/mol. The fraction of sp³-hybridized carbons (Fsp3) is 0.349. The highest BCUT2D eigenvalue weighted by Gasteiger charge is 2.36. The van der Waals surface area contributed by atoms with E-state index in [9.17, 15) is 14.4 Å². The average molecular weight is 2120 g/mol. The van der Waals surface area contributed by atoms with Crippen molar-refractivity contribution in [3.05, 3.63) is 296 Å². The van der Waals surface area contributed by atoms with Crippen molar-refractivity contribution < 1.29 is 36.5 Å². The van der Waals surface area contributed by atoms with Crippen LogP contribution in [0.25, 0.3) is 55.6 Å². The topological polar surface area (TPSA) is 501 Å². The van der Waals surface area contributed by atoms with Crippen LogP contribution in [0.4, 0.5) is 47.1 Å². The van der Waals surface area contributed by atoms with E-state index in [0.717, 1.165) is 247 Å². The zero-order chi connectivity index (χ0) is 104. The lowest BCUT2D eigenvalue weighted by atomic mass is 9.91. The van der Waals surface area contributed by atoms with E-state index >= 15 is 0 Å². The third kappa shape index (κ3) is 30.2. The SMILES string of the molecule is CN1CCC(CCc2ccc(-c3ccc(Cl)c(NCc4coc(N)n4)c3)cn2)CC1.CNC1CCC(n2cc(-c3ccc(Cl)c(CC(=O)c4coc(N)n4)c3)cn2)CC1.Nc1nc(C(=O)Cc2cc(-c3ccc(CN4CCNCC4)nc3)ccc2Cl)co1.Nc1nc(C(=O)Nc2cc(-c3ccc(CNC4CCC(N)CC4)nc3)ccc2Cl)co1.Nc1nc(CNc2cc(-c3ccc(CN4CC5CNCC5C4)nc3)ccc2Cl)co1.